The molecule has 0 aliphatic heterocycles. The smallest absolute Gasteiger partial charge is 0.192 e. The average molecular weight is 247 g/mol. The molecule has 0 amide bonds. The lowest BCUT2D eigenvalue weighted by atomic mass is 9.99. The molecular weight excluding hydrogens is 239 g/mol. The second kappa shape index (κ2) is 4.53. The zero-order valence-electron chi connectivity index (χ0n) is 9.20. The van der Waals surface area contributed by atoms with E-state index in [9.17, 15) is 13.2 Å². The Kier molecular flexibility index (Phi) is 3.07. The summed E-state index contributed by atoms with van der Waals surface area (Å²) in [4.78, 5) is 0. The lowest BCUT2D eigenvalue weighted by molar-refractivity contribution is -0.137. The van der Waals surface area contributed by atoms with Crippen LogP contribution < -0.4 is 0 Å². The summed E-state index contributed by atoms with van der Waals surface area (Å²) in [6.45, 7) is 0. The summed E-state index contributed by atoms with van der Waals surface area (Å²) in [5.74, 6) is 0. The normalized spacial score (nSPS) is 11.0. The van der Waals surface area contributed by atoms with Crippen LogP contribution in [-0.4, -0.2) is 0 Å². The number of benzene rings is 2. The molecule has 0 unspecified atom stereocenters. The number of nitriles is 1. The fraction of sp³-hybridized carbons (Fsp3) is 0.0714. The lowest BCUT2D eigenvalue weighted by Crippen LogP contribution is -2.07. The molecule has 2 aromatic carbocycles. The quantitative estimate of drug-likeness (QED) is 0.739. The number of rotatable bonds is 1. The first-order valence-electron chi connectivity index (χ1n) is 5.19. The molecule has 0 saturated heterocycles. The van der Waals surface area contributed by atoms with Gasteiger partial charge in [0.1, 0.15) is 0 Å². The SMILES string of the molecule is N#Cc1ccc(-c2ccccc2)cc1C(F)(F)F. The van der Waals surface area contributed by atoms with E-state index in [0.717, 1.165) is 6.07 Å². The van der Waals surface area contributed by atoms with Crippen LogP contribution in [0.3, 0.4) is 0 Å². The molecule has 0 radical (unpaired) electrons. The van der Waals surface area contributed by atoms with Crippen LogP contribution in [0.5, 0.6) is 0 Å². The van der Waals surface area contributed by atoms with Gasteiger partial charge in [-0.25, -0.2) is 0 Å². The number of alkyl halides is 3. The predicted molar refractivity (Wildman–Crippen MR) is 61.6 cm³/mol. The topological polar surface area (TPSA) is 23.8 Å². The van der Waals surface area contributed by atoms with Crippen LogP contribution >= 0.6 is 0 Å². The van der Waals surface area contributed by atoms with Crippen LogP contribution in [0, 0.1) is 11.3 Å². The van der Waals surface area contributed by atoms with E-state index in [2.05, 4.69) is 0 Å². The van der Waals surface area contributed by atoms with Gasteiger partial charge in [0.15, 0.2) is 0 Å². The van der Waals surface area contributed by atoms with Crippen LogP contribution in [0.2, 0.25) is 0 Å². The van der Waals surface area contributed by atoms with Gasteiger partial charge in [-0.2, -0.15) is 18.4 Å². The third-order valence-corrected chi connectivity index (χ3v) is 2.55. The van der Waals surface area contributed by atoms with Crippen molar-refractivity contribution >= 4 is 0 Å². The first-order chi connectivity index (χ1) is 8.52. The van der Waals surface area contributed by atoms with Gasteiger partial charge in [-0.1, -0.05) is 36.4 Å². The Morgan fingerprint density at radius 3 is 2.11 bits per heavy atom. The van der Waals surface area contributed by atoms with E-state index in [0.29, 0.717) is 11.1 Å². The Labute approximate surface area is 102 Å². The molecule has 90 valence electrons. The fourth-order valence-corrected chi connectivity index (χ4v) is 1.69. The van der Waals surface area contributed by atoms with Gasteiger partial charge in [0.05, 0.1) is 17.2 Å². The Balaban J connectivity index is 2.58. The zero-order chi connectivity index (χ0) is 13.2. The second-order valence-electron chi connectivity index (χ2n) is 3.74. The molecule has 0 saturated carbocycles. The maximum Gasteiger partial charge on any atom is 0.417 e. The highest BCUT2D eigenvalue weighted by Crippen LogP contribution is 2.34. The number of halogens is 3. The number of hydrogen-bond acceptors (Lipinski definition) is 1. The van der Waals surface area contributed by atoms with E-state index in [1.165, 1.54) is 12.1 Å². The molecular formula is C14H8F3N. The molecule has 0 N–H and O–H groups in total. The number of hydrogen-bond donors (Lipinski definition) is 0. The molecule has 0 heterocycles. The largest absolute Gasteiger partial charge is 0.417 e. The predicted octanol–water partition coefficient (Wildman–Crippen LogP) is 4.24. The second-order valence-corrected chi connectivity index (χ2v) is 3.74. The van der Waals surface area contributed by atoms with Gasteiger partial charge in [0, 0.05) is 0 Å². The van der Waals surface area contributed by atoms with Crippen molar-refractivity contribution in [3.05, 3.63) is 59.7 Å². The zero-order valence-corrected chi connectivity index (χ0v) is 9.20. The molecule has 2 rings (SSSR count). The van der Waals surface area contributed by atoms with Crippen molar-refractivity contribution in [3.8, 4) is 17.2 Å². The first-order valence-corrected chi connectivity index (χ1v) is 5.19. The molecule has 2 aromatic rings. The van der Waals surface area contributed by atoms with Crippen molar-refractivity contribution in [1.82, 2.24) is 0 Å². The van der Waals surface area contributed by atoms with E-state index < -0.39 is 11.7 Å². The van der Waals surface area contributed by atoms with Crippen LogP contribution in [0.15, 0.2) is 48.5 Å². The van der Waals surface area contributed by atoms with Gasteiger partial charge < -0.3 is 0 Å². The van der Waals surface area contributed by atoms with Gasteiger partial charge in [0.2, 0.25) is 0 Å². The maximum atomic E-state index is 12.8. The highest BCUT2D eigenvalue weighted by Gasteiger charge is 2.33. The number of nitrogens with zero attached hydrogens (tertiary/aromatic N) is 1. The maximum absolute atomic E-state index is 12.8. The monoisotopic (exact) mass is 247 g/mol. The minimum atomic E-state index is -4.52. The van der Waals surface area contributed by atoms with E-state index in [1.807, 2.05) is 0 Å². The highest BCUT2D eigenvalue weighted by atomic mass is 19.4. The van der Waals surface area contributed by atoms with Crippen molar-refractivity contribution in [2.75, 3.05) is 0 Å². The van der Waals surface area contributed by atoms with Gasteiger partial charge >= 0.3 is 6.18 Å². The van der Waals surface area contributed by atoms with Crippen LogP contribution in [0.4, 0.5) is 13.2 Å². The molecule has 0 atom stereocenters. The Morgan fingerprint density at radius 2 is 1.56 bits per heavy atom. The van der Waals surface area contributed by atoms with E-state index in [1.54, 1.807) is 36.4 Å². The summed E-state index contributed by atoms with van der Waals surface area (Å²) < 4.78 is 38.3. The van der Waals surface area contributed by atoms with Crippen molar-refractivity contribution in [2.24, 2.45) is 0 Å². The van der Waals surface area contributed by atoms with Crippen LogP contribution in [0.25, 0.3) is 11.1 Å². The molecule has 0 aliphatic carbocycles. The lowest BCUT2D eigenvalue weighted by Gasteiger charge is -2.10. The van der Waals surface area contributed by atoms with Crippen LogP contribution in [0.1, 0.15) is 11.1 Å². The summed E-state index contributed by atoms with van der Waals surface area (Å²) in [6.07, 6.45) is -4.52. The third kappa shape index (κ3) is 2.35. The van der Waals surface area contributed by atoms with Crippen molar-refractivity contribution in [3.63, 3.8) is 0 Å². The van der Waals surface area contributed by atoms with Gasteiger partial charge in [-0.3, -0.25) is 0 Å². The molecule has 18 heavy (non-hydrogen) atoms. The Morgan fingerprint density at radius 1 is 0.889 bits per heavy atom. The minimum Gasteiger partial charge on any atom is -0.192 e. The van der Waals surface area contributed by atoms with E-state index in [-0.39, 0.29) is 5.56 Å². The fourth-order valence-electron chi connectivity index (χ4n) is 1.69. The average Bonchev–Trinajstić information content (AvgIpc) is 2.38. The Bertz CT molecular complexity index is 595. The van der Waals surface area contributed by atoms with Gasteiger partial charge in [-0.15, -0.1) is 0 Å². The Hall–Kier alpha value is -2.28. The third-order valence-electron chi connectivity index (χ3n) is 2.55. The summed E-state index contributed by atoms with van der Waals surface area (Å²) in [7, 11) is 0. The van der Waals surface area contributed by atoms with Crippen molar-refractivity contribution < 1.29 is 13.2 Å². The molecule has 1 nitrogen and oxygen atoms in total. The summed E-state index contributed by atoms with van der Waals surface area (Å²) in [5.41, 5.74) is -0.122. The van der Waals surface area contributed by atoms with Gasteiger partial charge in [-0.05, 0) is 23.3 Å². The van der Waals surface area contributed by atoms with E-state index in [4.69, 9.17) is 5.26 Å². The summed E-state index contributed by atoms with van der Waals surface area (Å²) >= 11 is 0. The van der Waals surface area contributed by atoms with Crippen LogP contribution in [-0.2, 0) is 6.18 Å². The molecule has 0 aliphatic rings. The molecule has 0 aromatic heterocycles. The first kappa shape index (κ1) is 12.2. The van der Waals surface area contributed by atoms with Crippen molar-refractivity contribution in [1.29, 1.82) is 5.26 Å². The molecule has 0 spiro atoms. The minimum absolute atomic E-state index is 0.359. The molecule has 4 heteroatoms. The standard InChI is InChI=1S/C14H8F3N/c15-14(16,17)13-8-11(6-7-12(13)9-18)10-4-2-1-3-5-10/h1-8H. The van der Waals surface area contributed by atoms with E-state index >= 15 is 0 Å². The molecule has 0 bridgehead atoms. The van der Waals surface area contributed by atoms with Crippen molar-refractivity contribution in [2.45, 2.75) is 6.18 Å². The highest BCUT2D eigenvalue weighted by molar-refractivity contribution is 5.66. The summed E-state index contributed by atoms with van der Waals surface area (Å²) in [6, 6.07) is 14.0. The molecule has 0 fully saturated rings. The summed E-state index contributed by atoms with van der Waals surface area (Å²) in [5, 5.41) is 8.69. The van der Waals surface area contributed by atoms with Gasteiger partial charge in [0.25, 0.3) is 0 Å².